The molecular weight excluding hydrogens is 320 g/mol. The first-order chi connectivity index (χ1) is 11.9. The van der Waals surface area contributed by atoms with E-state index in [1.807, 2.05) is 45.2 Å². The Hall–Kier alpha value is -2.44. The third-order valence-corrected chi connectivity index (χ3v) is 4.02. The molecule has 7 heteroatoms. The summed E-state index contributed by atoms with van der Waals surface area (Å²) in [6.45, 7) is 7.29. The zero-order chi connectivity index (χ0) is 17.9. The van der Waals surface area contributed by atoms with Crippen LogP contribution in [0.5, 0.6) is 0 Å². The Kier molecular flexibility index (Phi) is 5.01. The maximum atomic E-state index is 11.8. The van der Waals surface area contributed by atoms with Crippen LogP contribution in [0.2, 0.25) is 0 Å². The van der Waals surface area contributed by atoms with Gasteiger partial charge in [0.05, 0.1) is 0 Å². The van der Waals surface area contributed by atoms with E-state index in [9.17, 15) is 4.79 Å². The van der Waals surface area contributed by atoms with Crippen molar-refractivity contribution in [3.05, 3.63) is 36.2 Å². The third-order valence-electron chi connectivity index (χ3n) is 4.02. The van der Waals surface area contributed by atoms with Gasteiger partial charge in [-0.2, -0.15) is 0 Å². The highest BCUT2D eigenvalue weighted by molar-refractivity contribution is 5.71. The number of esters is 1. The highest BCUT2D eigenvalue weighted by Gasteiger charge is 2.26. The maximum absolute atomic E-state index is 11.8. The normalized spacial score (nSPS) is 16.0. The number of carbonyl (C=O) groups excluding carboxylic acids is 1. The van der Waals surface area contributed by atoms with Crippen LogP contribution in [-0.4, -0.2) is 39.8 Å². The molecule has 7 nitrogen and oxygen atoms in total. The Morgan fingerprint density at radius 3 is 2.68 bits per heavy atom. The van der Waals surface area contributed by atoms with Gasteiger partial charge >= 0.3 is 5.97 Å². The second-order valence-corrected chi connectivity index (χ2v) is 7.25. The highest BCUT2D eigenvalue weighted by Crippen LogP contribution is 2.29. The van der Waals surface area contributed by atoms with Crippen molar-refractivity contribution in [1.29, 1.82) is 0 Å². The minimum absolute atomic E-state index is 0.0110. The lowest BCUT2D eigenvalue weighted by Crippen LogP contribution is -2.33. The number of rotatable bonds is 4. The number of carbonyl (C=O) groups is 1. The van der Waals surface area contributed by atoms with Crippen LogP contribution >= 0.6 is 0 Å². The molecule has 2 aromatic heterocycles. The summed E-state index contributed by atoms with van der Waals surface area (Å²) in [5.41, 5.74) is -0.516. The van der Waals surface area contributed by atoms with E-state index >= 15 is 0 Å². The fourth-order valence-corrected chi connectivity index (χ4v) is 2.90. The van der Waals surface area contributed by atoms with E-state index in [2.05, 4.69) is 20.1 Å². The van der Waals surface area contributed by atoms with Gasteiger partial charge in [-0.25, -0.2) is 4.98 Å². The summed E-state index contributed by atoms with van der Waals surface area (Å²) >= 11 is 0. The molecule has 1 saturated heterocycles. The average molecular weight is 344 g/mol. The Morgan fingerprint density at radius 1 is 1.28 bits per heavy atom. The minimum atomic E-state index is -0.516. The monoisotopic (exact) mass is 344 g/mol. The van der Waals surface area contributed by atoms with E-state index in [4.69, 9.17) is 9.15 Å². The lowest BCUT2D eigenvalue weighted by atomic mass is 9.97. The molecule has 3 rings (SSSR count). The van der Waals surface area contributed by atoms with Crippen LogP contribution in [0.25, 0.3) is 0 Å². The van der Waals surface area contributed by atoms with Gasteiger partial charge < -0.3 is 14.1 Å². The van der Waals surface area contributed by atoms with Crippen LogP contribution in [0.4, 0.5) is 5.82 Å². The Balaban J connectivity index is 1.54. The summed E-state index contributed by atoms with van der Waals surface area (Å²) in [4.78, 5) is 18.5. The van der Waals surface area contributed by atoms with Crippen LogP contribution in [0.15, 0.2) is 28.8 Å². The van der Waals surface area contributed by atoms with Crippen LogP contribution in [-0.2, 0) is 16.0 Å². The van der Waals surface area contributed by atoms with Gasteiger partial charge in [0.15, 0.2) is 0 Å². The fraction of sp³-hybridized carbons (Fsp3) is 0.556. The summed E-state index contributed by atoms with van der Waals surface area (Å²) in [7, 11) is 0. The zero-order valence-electron chi connectivity index (χ0n) is 14.9. The molecule has 2 aromatic rings. The molecule has 25 heavy (non-hydrogen) atoms. The zero-order valence-corrected chi connectivity index (χ0v) is 14.9. The average Bonchev–Trinajstić information content (AvgIpc) is 3.02. The molecule has 0 aromatic carbocycles. The number of nitrogens with zero attached hydrogens (tertiary/aromatic N) is 4. The molecule has 0 radical (unpaired) electrons. The van der Waals surface area contributed by atoms with Gasteiger partial charge in [0, 0.05) is 25.2 Å². The quantitative estimate of drug-likeness (QED) is 0.789. The standard InChI is InChI=1S/C18H24N4O3/c1-18(2,3)25-16(23)12-15-20-21-17(24-15)13-7-10-22(11-8-13)14-6-4-5-9-19-14/h4-6,9,13H,7-8,10-12H2,1-3H3. The number of anilines is 1. The Labute approximate surface area is 147 Å². The first kappa shape index (κ1) is 17.4. The molecule has 0 aliphatic carbocycles. The van der Waals surface area contributed by atoms with E-state index in [1.165, 1.54) is 0 Å². The first-order valence-corrected chi connectivity index (χ1v) is 8.61. The van der Waals surface area contributed by atoms with E-state index in [0.29, 0.717) is 11.8 Å². The van der Waals surface area contributed by atoms with Crippen molar-refractivity contribution >= 4 is 11.8 Å². The number of hydrogen-bond donors (Lipinski definition) is 0. The lowest BCUT2D eigenvalue weighted by Gasteiger charge is -2.31. The molecule has 1 aliphatic heterocycles. The van der Waals surface area contributed by atoms with Crippen molar-refractivity contribution in [3.8, 4) is 0 Å². The van der Waals surface area contributed by atoms with Gasteiger partial charge in [-0.05, 0) is 45.7 Å². The number of hydrogen-bond acceptors (Lipinski definition) is 7. The third kappa shape index (κ3) is 4.78. The summed E-state index contributed by atoms with van der Waals surface area (Å²) in [5, 5.41) is 8.12. The SMILES string of the molecule is CC(C)(C)OC(=O)Cc1nnc(C2CCN(c3ccccn3)CC2)o1. The molecule has 0 N–H and O–H groups in total. The molecule has 0 amide bonds. The maximum Gasteiger partial charge on any atom is 0.315 e. The van der Waals surface area contributed by atoms with Crippen molar-refractivity contribution < 1.29 is 13.9 Å². The van der Waals surface area contributed by atoms with Gasteiger partial charge in [-0.1, -0.05) is 6.07 Å². The fourth-order valence-electron chi connectivity index (χ4n) is 2.90. The van der Waals surface area contributed by atoms with Gasteiger partial charge in [0.1, 0.15) is 17.8 Å². The summed E-state index contributed by atoms with van der Waals surface area (Å²) in [6.07, 6.45) is 3.66. The molecule has 0 saturated carbocycles. The predicted octanol–water partition coefficient (Wildman–Crippen LogP) is 2.73. The highest BCUT2D eigenvalue weighted by atomic mass is 16.6. The predicted molar refractivity (Wildman–Crippen MR) is 92.3 cm³/mol. The van der Waals surface area contributed by atoms with Crippen LogP contribution in [0.1, 0.15) is 51.3 Å². The van der Waals surface area contributed by atoms with E-state index in [1.54, 1.807) is 0 Å². The molecule has 1 fully saturated rings. The van der Waals surface area contributed by atoms with Crippen molar-refractivity contribution in [3.63, 3.8) is 0 Å². The molecular formula is C18H24N4O3. The van der Waals surface area contributed by atoms with Crippen molar-refractivity contribution in [1.82, 2.24) is 15.2 Å². The Morgan fingerprint density at radius 2 is 2.04 bits per heavy atom. The molecule has 134 valence electrons. The van der Waals surface area contributed by atoms with Crippen LogP contribution < -0.4 is 4.90 Å². The number of ether oxygens (including phenoxy) is 1. The summed E-state index contributed by atoms with van der Waals surface area (Å²) in [6, 6.07) is 5.93. The van der Waals surface area contributed by atoms with Gasteiger partial charge in [0.2, 0.25) is 11.8 Å². The number of piperidine rings is 1. The van der Waals surface area contributed by atoms with E-state index in [-0.39, 0.29) is 18.3 Å². The van der Waals surface area contributed by atoms with Crippen LogP contribution in [0.3, 0.4) is 0 Å². The van der Waals surface area contributed by atoms with Gasteiger partial charge in [-0.15, -0.1) is 10.2 Å². The topological polar surface area (TPSA) is 81.4 Å². The molecule has 0 atom stereocenters. The van der Waals surface area contributed by atoms with E-state index in [0.717, 1.165) is 31.7 Å². The molecule has 0 spiro atoms. The number of aromatic nitrogens is 3. The molecule has 0 unspecified atom stereocenters. The Bertz CT molecular complexity index is 701. The van der Waals surface area contributed by atoms with E-state index < -0.39 is 5.60 Å². The minimum Gasteiger partial charge on any atom is -0.460 e. The summed E-state index contributed by atoms with van der Waals surface area (Å²) in [5.74, 6) is 1.79. The smallest absolute Gasteiger partial charge is 0.315 e. The second-order valence-electron chi connectivity index (χ2n) is 7.25. The second kappa shape index (κ2) is 7.21. The van der Waals surface area contributed by atoms with Crippen molar-refractivity contribution in [2.24, 2.45) is 0 Å². The molecule has 0 bridgehead atoms. The van der Waals surface area contributed by atoms with Gasteiger partial charge in [-0.3, -0.25) is 4.79 Å². The molecule has 1 aliphatic rings. The van der Waals surface area contributed by atoms with Crippen molar-refractivity contribution in [2.75, 3.05) is 18.0 Å². The van der Waals surface area contributed by atoms with Crippen LogP contribution in [0, 0.1) is 0 Å². The lowest BCUT2D eigenvalue weighted by molar-refractivity contribution is -0.154. The first-order valence-electron chi connectivity index (χ1n) is 8.61. The van der Waals surface area contributed by atoms with Crippen molar-refractivity contribution in [2.45, 2.75) is 51.6 Å². The van der Waals surface area contributed by atoms with Gasteiger partial charge in [0.25, 0.3) is 0 Å². The summed E-state index contributed by atoms with van der Waals surface area (Å²) < 4.78 is 11.0. The number of pyridine rings is 1. The molecule has 3 heterocycles. The largest absolute Gasteiger partial charge is 0.460 e.